The van der Waals surface area contributed by atoms with Crippen molar-refractivity contribution in [1.82, 2.24) is 10.2 Å². The lowest BCUT2D eigenvalue weighted by Gasteiger charge is -2.31. The largest absolute Gasteiger partial charge is 0.348 e. The van der Waals surface area contributed by atoms with E-state index in [1.54, 1.807) is 18.2 Å². The molecule has 1 aliphatic heterocycles. The molecule has 0 bridgehead atoms. The Labute approximate surface area is 125 Å². The van der Waals surface area contributed by atoms with E-state index in [9.17, 15) is 9.18 Å². The van der Waals surface area contributed by atoms with E-state index >= 15 is 0 Å². The smallest absolute Gasteiger partial charge is 0.254 e. The van der Waals surface area contributed by atoms with Gasteiger partial charge in [0, 0.05) is 25.2 Å². The second-order valence-corrected chi connectivity index (χ2v) is 6.23. The number of carbonyl (C=O) groups excluding carboxylic acids is 1. The lowest BCUT2D eigenvalue weighted by Crippen LogP contribution is -2.40. The van der Waals surface area contributed by atoms with Crippen LogP contribution in [0, 0.1) is 5.82 Å². The van der Waals surface area contributed by atoms with Crippen molar-refractivity contribution in [3.63, 3.8) is 0 Å². The third-order valence-electron chi connectivity index (χ3n) is 4.76. The summed E-state index contributed by atoms with van der Waals surface area (Å²) in [6.07, 6.45) is 7.55. The summed E-state index contributed by atoms with van der Waals surface area (Å²) < 4.78 is 13.6. The van der Waals surface area contributed by atoms with Gasteiger partial charge >= 0.3 is 0 Å². The highest BCUT2D eigenvalue weighted by molar-refractivity contribution is 5.94. The molecule has 2 fully saturated rings. The van der Waals surface area contributed by atoms with Crippen molar-refractivity contribution >= 4 is 5.91 Å². The Morgan fingerprint density at radius 2 is 1.90 bits per heavy atom. The van der Waals surface area contributed by atoms with Crippen molar-refractivity contribution in [2.45, 2.75) is 50.6 Å². The van der Waals surface area contributed by atoms with E-state index in [1.807, 2.05) is 0 Å². The number of rotatable bonds is 3. The molecule has 0 unspecified atom stereocenters. The highest BCUT2D eigenvalue weighted by Crippen LogP contribution is 2.25. The maximum atomic E-state index is 13.6. The number of halogens is 1. The quantitative estimate of drug-likeness (QED) is 0.928. The van der Waals surface area contributed by atoms with Crippen LogP contribution in [-0.2, 0) is 0 Å². The van der Waals surface area contributed by atoms with E-state index in [4.69, 9.17) is 0 Å². The number of likely N-dealkylation sites (tertiary alicyclic amines) is 1. The van der Waals surface area contributed by atoms with Crippen LogP contribution in [0.4, 0.5) is 4.39 Å². The molecular formula is C17H23FN2O. The molecule has 114 valence electrons. The highest BCUT2D eigenvalue weighted by Gasteiger charge is 2.30. The molecule has 1 aliphatic carbocycles. The van der Waals surface area contributed by atoms with Gasteiger partial charge in [-0.25, -0.2) is 4.39 Å². The van der Waals surface area contributed by atoms with Crippen LogP contribution in [0.5, 0.6) is 0 Å². The summed E-state index contributed by atoms with van der Waals surface area (Å²) in [6.45, 7) is 1.96. The second-order valence-electron chi connectivity index (χ2n) is 6.23. The van der Waals surface area contributed by atoms with Crippen LogP contribution >= 0.6 is 0 Å². The molecule has 4 heteroatoms. The molecule has 0 aromatic heterocycles. The number of nitrogens with one attached hydrogen (secondary N) is 1. The lowest BCUT2D eigenvalue weighted by molar-refractivity contribution is 0.0930. The van der Waals surface area contributed by atoms with Gasteiger partial charge in [0.1, 0.15) is 5.82 Å². The maximum Gasteiger partial charge on any atom is 0.254 e. The van der Waals surface area contributed by atoms with Crippen LogP contribution in [0.25, 0.3) is 0 Å². The standard InChI is InChI=1S/C17H23FN2O/c18-16-9-5-4-8-15(16)17(21)19-13-10-11-20(12-13)14-6-2-1-3-7-14/h4-5,8-9,13-14H,1-3,6-7,10-12H2,(H,19,21)/t13-/m1/s1. The third-order valence-corrected chi connectivity index (χ3v) is 4.76. The number of amides is 1. The Morgan fingerprint density at radius 1 is 1.14 bits per heavy atom. The maximum absolute atomic E-state index is 13.6. The molecule has 1 amide bonds. The van der Waals surface area contributed by atoms with Gasteiger partial charge in [-0.1, -0.05) is 31.4 Å². The van der Waals surface area contributed by atoms with Gasteiger partial charge in [0.25, 0.3) is 5.91 Å². The molecule has 1 N–H and O–H groups in total. The first-order chi connectivity index (χ1) is 10.2. The van der Waals surface area contributed by atoms with E-state index in [-0.39, 0.29) is 17.5 Å². The van der Waals surface area contributed by atoms with Gasteiger partial charge in [-0.2, -0.15) is 0 Å². The minimum absolute atomic E-state index is 0.147. The first-order valence-electron chi connectivity index (χ1n) is 8.03. The topological polar surface area (TPSA) is 32.3 Å². The number of hydrogen-bond donors (Lipinski definition) is 1. The molecule has 1 saturated carbocycles. The highest BCUT2D eigenvalue weighted by atomic mass is 19.1. The van der Waals surface area contributed by atoms with Crippen LogP contribution in [0.3, 0.4) is 0 Å². The summed E-state index contributed by atoms with van der Waals surface area (Å²) in [6, 6.07) is 7.01. The molecule has 1 aromatic carbocycles. The number of nitrogens with zero attached hydrogens (tertiary/aromatic N) is 1. The van der Waals surface area contributed by atoms with Crippen molar-refractivity contribution in [1.29, 1.82) is 0 Å². The van der Waals surface area contributed by atoms with Crippen molar-refractivity contribution in [3.8, 4) is 0 Å². The van der Waals surface area contributed by atoms with Crippen LogP contribution in [0.15, 0.2) is 24.3 Å². The molecule has 3 nitrogen and oxygen atoms in total. The first kappa shape index (κ1) is 14.5. The average molecular weight is 290 g/mol. The summed E-state index contributed by atoms with van der Waals surface area (Å²) in [7, 11) is 0. The third kappa shape index (κ3) is 3.43. The Hall–Kier alpha value is -1.42. The first-order valence-corrected chi connectivity index (χ1v) is 8.03. The Kier molecular flexibility index (Phi) is 4.54. The number of benzene rings is 1. The fourth-order valence-electron chi connectivity index (χ4n) is 3.59. The van der Waals surface area contributed by atoms with Crippen LogP contribution < -0.4 is 5.32 Å². The normalized spacial score (nSPS) is 24.1. The lowest BCUT2D eigenvalue weighted by atomic mass is 9.94. The van der Waals surface area contributed by atoms with Gasteiger partial charge in [-0.05, 0) is 31.4 Å². The molecular weight excluding hydrogens is 267 g/mol. The predicted octanol–water partition coefficient (Wildman–Crippen LogP) is 2.96. The summed E-state index contributed by atoms with van der Waals surface area (Å²) in [5.74, 6) is -0.735. The fourth-order valence-corrected chi connectivity index (χ4v) is 3.59. The van der Waals surface area contributed by atoms with Crippen molar-refractivity contribution in [2.75, 3.05) is 13.1 Å². The molecule has 3 rings (SSSR count). The molecule has 1 saturated heterocycles. The van der Waals surface area contributed by atoms with Crippen LogP contribution in [0.1, 0.15) is 48.9 Å². The zero-order valence-corrected chi connectivity index (χ0v) is 12.4. The van der Waals surface area contributed by atoms with Crippen molar-refractivity contribution < 1.29 is 9.18 Å². The van der Waals surface area contributed by atoms with Gasteiger partial charge in [0.2, 0.25) is 0 Å². The molecule has 2 aliphatic rings. The van der Waals surface area contributed by atoms with Gasteiger partial charge in [0.15, 0.2) is 0 Å². The zero-order chi connectivity index (χ0) is 14.7. The SMILES string of the molecule is O=C(N[C@@H]1CCN(C2CCCCC2)C1)c1ccccc1F. The summed E-state index contributed by atoms with van der Waals surface area (Å²) in [4.78, 5) is 14.6. The van der Waals surface area contributed by atoms with Crippen molar-refractivity contribution in [2.24, 2.45) is 0 Å². The van der Waals surface area contributed by atoms with E-state index < -0.39 is 5.82 Å². The van der Waals surface area contributed by atoms with Crippen LogP contribution in [-0.4, -0.2) is 36.0 Å². The van der Waals surface area contributed by atoms with Gasteiger partial charge in [-0.15, -0.1) is 0 Å². The minimum Gasteiger partial charge on any atom is -0.348 e. The van der Waals surface area contributed by atoms with E-state index in [0.717, 1.165) is 19.5 Å². The van der Waals surface area contributed by atoms with Gasteiger partial charge in [0.05, 0.1) is 5.56 Å². The van der Waals surface area contributed by atoms with E-state index in [0.29, 0.717) is 6.04 Å². The summed E-state index contributed by atoms with van der Waals surface area (Å²) in [5.41, 5.74) is 0.147. The number of hydrogen-bond acceptors (Lipinski definition) is 2. The van der Waals surface area contributed by atoms with E-state index in [1.165, 1.54) is 38.2 Å². The minimum atomic E-state index is -0.447. The molecule has 1 atom stereocenters. The predicted molar refractivity (Wildman–Crippen MR) is 80.7 cm³/mol. The second kappa shape index (κ2) is 6.56. The van der Waals surface area contributed by atoms with Crippen LogP contribution in [0.2, 0.25) is 0 Å². The van der Waals surface area contributed by atoms with Gasteiger partial charge in [-0.3, -0.25) is 9.69 Å². The van der Waals surface area contributed by atoms with Gasteiger partial charge < -0.3 is 5.32 Å². The average Bonchev–Trinajstić information content (AvgIpc) is 2.97. The molecule has 0 spiro atoms. The van der Waals surface area contributed by atoms with Crippen molar-refractivity contribution in [3.05, 3.63) is 35.6 Å². The molecule has 1 aromatic rings. The zero-order valence-electron chi connectivity index (χ0n) is 12.4. The summed E-state index contributed by atoms with van der Waals surface area (Å²) >= 11 is 0. The molecule has 1 heterocycles. The molecule has 0 radical (unpaired) electrons. The molecule has 21 heavy (non-hydrogen) atoms. The fraction of sp³-hybridized carbons (Fsp3) is 0.588. The Bertz CT molecular complexity index is 499. The summed E-state index contributed by atoms with van der Waals surface area (Å²) in [5, 5.41) is 2.98. The Balaban J connectivity index is 1.55. The Morgan fingerprint density at radius 3 is 2.67 bits per heavy atom. The monoisotopic (exact) mass is 290 g/mol. The number of carbonyl (C=O) groups is 1. The van der Waals surface area contributed by atoms with E-state index in [2.05, 4.69) is 10.2 Å².